The minimum Gasteiger partial charge on any atom is -0.375 e. The fourth-order valence-corrected chi connectivity index (χ4v) is 4.03. The molecule has 0 saturated heterocycles. The van der Waals surface area contributed by atoms with E-state index in [1.54, 1.807) is 66.7 Å². The molecule has 1 atom stereocenters. The molecule has 3 aromatic carbocycles. The van der Waals surface area contributed by atoms with Gasteiger partial charge in [-0.2, -0.15) is 0 Å². The maximum absolute atomic E-state index is 14.1. The van der Waals surface area contributed by atoms with Crippen LogP contribution in [0.25, 0.3) is 0 Å². The third-order valence-electron chi connectivity index (χ3n) is 5.09. The monoisotopic (exact) mass is 453 g/mol. The minimum atomic E-state index is -2.00. The highest BCUT2D eigenvalue weighted by Gasteiger charge is 2.50. The highest BCUT2D eigenvalue weighted by molar-refractivity contribution is 9.10. The Morgan fingerprint density at radius 2 is 1.76 bits per heavy atom. The molecule has 0 radical (unpaired) electrons. The molecule has 0 saturated carbocycles. The predicted octanol–water partition coefficient (Wildman–Crippen LogP) is 4.60. The minimum absolute atomic E-state index is 0.0318. The number of rotatable bonds is 5. The third kappa shape index (κ3) is 3.50. The molecule has 1 aliphatic heterocycles. The first-order chi connectivity index (χ1) is 13.9. The van der Waals surface area contributed by atoms with Gasteiger partial charge in [0.15, 0.2) is 11.4 Å². The van der Waals surface area contributed by atoms with E-state index >= 15 is 0 Å². The molecule has 0 fully saturated rings. The van der Waals surface area contributed by atoms with Gasteiger partial charge in [0.25, 0.3) is 5.91 Å². The van der Waals surface area contributed by atoms with E-state index in [9.17, 15) is 19.1 Å². The Bertz CT molecular complexity index is 1120. The Hall–Kier alpha value is -2.83. The lowest BCUT2D eigenvalue weighted by atomic mass is 9.88. The molecule has 1 N–H and O–H groups in total. The summed E-state index contributed by atoms with van der Waals surface area (Å²) in [7, 11) is 0. The molecule has 4 rings (SSSR count). The van der Waals surface area contributed by atoms with E-state index in [0.717, 1.165) is 4.47 Å². The van der Waals surface area contributed by atoms with E-state index in [1.165, 1.54) is 11.0 Å². The second-order valence-corrected chi connectivity index (χ2v) is 7.89. The van der Waals surface area contributed by atoms with Crippen LogP contribution in [0.15, 0.2) is 77.3 Å². The molecule has 0 unspecified atom stereocenters. The topological polar surface area (TPSA) is 57.6 Å². The van der Waals surface area contributed by atoms with E-state index in [-0.39, 0.29) is 12.3 Å². The number of fused-ring (bicyclic) bond motifs is 1. The van der Waals surface area contributed by atoms with Gasteiger partial charge < -0.3 is 10.0 Å². The van der Waals surface area contributed by atoms with Crippen LogP contribution in [0.5, 0.6) is 0 Å². The van der Waals surface area contributed by atoms with E-state index in [4.69, 9.17) is 0 Å². The van der Waals surface area contributed by atoms with Crippen LogP contribution in [0.2, 0.25) is 0 Å². The van der Waals surface area contributed by atoms with Crippen LogP contribution in [0, 0.1) is 5.82 Å². The third-order valence-corrected chi connectivity index (χ3v) is 5.58. The Morgan fingerprint density at radius 1 is 1.03 bits per heavy atom. The van der Waals surface area contributed by atoms with Crippen molar-refractivity contribution in [2.45, 2.75) is 18.6 Å². The summed E-state index contributed by atoms with van der Waals surface area (Å²) in [6.07, 6.45) is -0.396. The number of aliphatic hydroxyl groups is 1. The molecule has 6 heteroatoms. The number of hydrogen-bond donors (Lipinski definition) is 1. The molecule has 0 aromatic heterocycles. The number of ketones is 1. The van der Waals surface area contributed by atoms with Crippen molar-refractivity contribution in [1.29, 1.82) is 0 Å². The van der Waals surface area contributed by atoms with Crippen molar-refractivity contribution in [2.24, 2.45) is 0 Å². The first kappa shape index (κ1) is 19.5. The summed E-state index contributed by atoms with van der Waals surface area (Å²) in [6.45, 7) is -0.0318. The van der Waals surface area contributed by atoms with Gasteiger partial charge in [-0.1, -0.05) is 64.5 Å². The predicted molar refractivity (Wildman–Crippen MR) is 111 cm³/mol. The summed E-state index contributed by atoms with van der Waals surface area (Å²) in [6, 6.07) is 19.7. The first-order valence-electron chi connectivity index (χ1n) is 9.06. The molecule has 146 valence electrons. The zero-order valence-corrected chi connectivity index (χ0v) is 16.9. The maximum Gasteiger partial charge on any atom is 0.264 e. The highest BCUT2D eigenvalue weighted by Crippen LogP contribution is 2.43. The van der Waals surface area contributed by atoms with Gasteiger partial charge in [-0.15, -0.1) is 0 Å². The molecular weight excluding hydrogens is 437 g/mol. The van der Waals surface area contributed by atoms with Crippen LogP contribution in [0.3, 0.4) is 0 Å². The lowest BCUT2D eigenvalue weighted by molar-refractivity contribution is -0.136. The summed E-state index contributed by atoms with van der Waals surface area (Å²) in [5.74, 6) is -1.42. The summed E-state index contributed by atoms with van der Waals surface area (Å²) < 4.78 is 14.9. The zero-order valence-electron chi connectivity index (χ0n) is 15.3. The van der Waals surface area contributed by atoms with Gasteiger partial charge in [0.2, 0.25) is 0 Å². The second kappa shape index (κ2) is 7.54. The number of halogens is 2. The van der Waals surface area contributed by atoms with Crippen molar-refractivity contribution in [3.8, 4) is 0 Å². The van der Waals surface area contributed by atoms with Crippen LogP contribution >= 0.6 is 15.9 Å². The van der Waals surface area contributed by atoms with Crippen molar-refractivity contribution in [2.75, 3.05) is 4.90 Å². The molecular formula is C23H17BrFNO3. The van der Waals surface area contributed by atoms with E-state index in [0.29, 0.717) is 22.4 Å². The molecule has 4 nitrogen and oxygen atoms in total. The SMILES string of the molecule is O=C(C[C@]1(O)C(=O)N(Cc2ccccc2F)c2ccccc21)c1cccc(Br)c1. The zero-order chi connectivity index (χ0) is 20.6. The first-order valence-corrected chi connectivity index (χ1v) is 9.85. The summed E-state index contributed by atoms with van der Waals surface area (Å²) in [5.41, 5.74) is -0.444. The molecule has 0 aliphatic carbocycles. The quantitative estimate of drug-likeness (QED) is 0.574. The number of Topliss-reactive ketones (excluding diaryl/α,β-unsaturated/α-hetero) is 1. The van der Waals surface area contributed by atoms with Crippen LogP contribution < -0.4 is 4.90 Å². The van der Waals surface area contributed by atoms with Gasteiger partial charge in [-0.25, -0.2) is 4.39 Å². The fourth-order valence-electron chi connectivity index (χ4n) is 3.63. The van der Waals surface area contributed by atoms with Crippen molar-refractivity contribution in [1.82, 2.24) is 0 Å². The highest BCUT2D eigenvalue weighted by atomic mass is 79.9. The van der Waals surface area contributed by atoms with Crippen LogP contribution in [-0.2, 0) is 16.9 Å². The lowest BCUT2D eigenvalue weighted by Crippen LogP contribution is -2.41. The average Bonchev–Trinajstić information content (AvgIpc) is 2.92. The molecule has 1 heterocycles. The summed E-state index contributed by atoms with van der Waals surface area (Å²) >= 11 is 3.32. The number of para-hydroxylation sites is 1. The van der Waals surface area contributed by atoms with E-state index in [2.05, 4.69) is 15.9 Å². The molecule has 0 spiro atoms. The van der Waals surface area contributed by atoms with E-state index < -0.39 is 23.7 Å². The van der Waals surface area contributed by atoms with Crippen molar-refractivity contribution in [3.63, 3.8) is 0 Å². The Kier molecular flexibility index (Phi) is 5.06. The number of anilines is 1. The Morgan fingerprint density at radius 3 is 2.52 bits per heavy atom. The normalized spacial score (nSPS) is 18.0. The fraction of sp³-hybridized carbons (Fsp3) is 0.130. The molecule has 3 aromatic rings. The van der Waals surface area contributed by atoms with Gasteiger partial charge in [0, 0.05) is 21.2 Å². The molecule has 1 aliphatic rings. The van der Waals surface area contributed by atoms with Crippen molar-refractivity contribution >= 4 is 33.3 Å². The lowest BCUT2D eigenvalue weighted by Gasteiger charge is -2.23. The molecule has 29 heavy (non-hydrogen) atoms. The van der Waals surface area contributed by atoms with Crippen molar-refractivity contribution < 1.29 is 19.1 Å². The summed E-state index contributed by atoms with van der Waals surface area (Å²) in [4.78, 5) is 27.4. The summed E-state index contributed by atoms with van der Waals surface area (Å²) in [5, 5.41) is 11.3. The Balaban J connectivity index is 1.70. The number of carbonyl (C=O) groups excluding carboxylic acids is 2. The number of nitrogens with zero attached hydrogens (tertiary/aromatic N) is 1. The van der Waals surface area contributed by atoms with Gasteiger partial charge in [-0.05, 0) is 24.3 Å². The van der Waals surface area contributed by atoms with Gasteiger partial charge >= 0.3 is 0 Å². The second-order valence-electron chi connectivity index (χ2n) is 6.97. The van der Waals surface area contributed by atoms with Gasteiger partial charge in [0.1, 0.15) is 5.82 Å². The van der Waals surface area contributed by atoms with Crippen LogP contribution in [0.4, 0.5) is 10.1 Å². The largest absolute Gasteiger partial charge is 0.375 e. The smallest absolute Gasteiger partial charge is 0.264 e. The van der Waals surface area contributed by atoms with Crippen LogP contribution in [0.1, 0.15) is 27.9 Å². The molecule has 1 amide bonds. The Labute approximate surface area is 175 Å². The number of benzene rings is 3. The van der Waals surface area contributed by atoms with Gasteiger partial charge in [0.05, 0.1) is 18.7 Å². The maximum atomic E-state index is 14.1. The molecule has 0 bridgehead atoms. The van der Waals surface area contributed by atoms with E-state index in [1.807, 2.05) is 0 Å². The average molecular weight is 454 g/mol. The standard InChI is InChI=1S/C23H17BrFNO3/c24-17-8-5-7-15(12-17)21(27)13-23(29)18-9-2-4-11-20(18)26(22(23)28)14-16-6-1-3-10-19(16)25/h1-12,29H,13-14H2/t23-/m1/s1. The number of amides is 1. The van der Waals surface area contributed by atoms with Crippen molar-refractivity contribution in [3.05, 3.63) is 99.8 Å². The van der Waals surface area contributed by atoms with Gasteiger partial charge in [-0.3, -0.25) is 9.59 Å². The van der Waals surface area contributed by atoms with Crippen LogP contribution in [-0.4, -0.2) is 16.8 Å². The number of carbonyl (C=O) groups is 2. The number of hydrogen-bond acceptors (Lipinski definition) is 3.